The fourth-order valence-electron chi connectivity index (χ4n) is 4.02. The molecular weight excluding hydrogens is 456 g/mol. The SMILES string of the molecule is COc1ccccc1-c1nnc(C2CCN(C(=O)Nc3cc(OC)c(OC)c(OC)c3)CC2)s1. The third-order valence-corrected chi connectivity index (χ3v) is 6.94. The molecule has 1 aliphatic rings. The number of likely N-dealkylation sites (tertiary alicyclic amines) is 1. The van der Waals surface area contributed by atoms with Gasteiger partial charge in [-0.1, -0.05) is 23.5 Å². The molecule has 0 aliphatic carbocycles. The Labute approximate surface area is 202 Å². The molecule has 0 radical (unpaired) electrons. The van der Waals surface area contributed by atoms with Crippen molar-refractivity contribution in [1.29, 1.82) is 0 Å². The van der Waals surface area contributed by atoms with Crippen LogP contribution >= 0.6 is 11.3 Å². The van der Waals surface area contributed by atoms with Gasteiger partial charge >= 0.3 is 6.03 Å². The molecule has 1 saturated heterocycles. The number of amides is 2. The van der Waals surface area contributed by atoms with Crippen LogP contribution in [0.25, 0.3) is 10.6 Å². The molecule has 9 nitrogen and oxygen atoms in total. The highest BCUT2D eigenvalue weighted by atomic mass is 32.1. The van der Waals surface area contributed by atoms with Gasteiger partial charge in [0, 0.05) is 31.1 Å². The quantitative estimate of drug-likeness (QED) is 0.521. The number of benzene rings is 2. The Morgan fingerprint density at radius 3 is 2.21 bits per heavy atom. The molecule has 4 rings (SSSR count). The number of para-hydroxylation sites is 1. The average molecular weight is 485 g/mol. The second-order valence-electron chi connectivity index (χ2n) is 7.75. The Hall–Kier alpha value is -3.53. The monoisotopic (exact) mass is 484 g/mol. The van der Waals surface area contributed by atoms with Crippen LogP contribution < -0.4 is 24.3 Å². The number of hydrogen-bond donors (Lipinski definition) is 1. The number of hydrogen-bond acceptors (Lipinski definition) is 8. The summed E-state index contributed by atoms with van der Waals surface area (Å²) in [5.41, 5.74) is 1.52. The van der Waals surface area contributed by atoms with Crippen LogP contribution in [-0.4, -0.2) is 62.7 Å². The lowest BCUT2D eigenvalue weighted by Gasteiger charge is -2.31. The number of piperidine rings is 1. The van der Waals surface area contributed by atoms with Gasteiger partial charge in [0.15, 0.2) is 16.5 Å². The number of carbonyl (C=O) groups excluding carboxylic acids is 1. The lowest BCUT2D eigenvalue weighted by molar-refractivity contribution is 0.194. The molecule has 10 heteroatoms. The van der Waals surface area contributed by atoms with Crippen molar-refractivity contribution in [3.8, 4) is 33.6 Å². The van der Waals surface area contributed by atoms with E-state index in [2.05, 4.69) is 15.5 Å². The number of rotatable bonds is 7. The zero-order chi connectivity index (χ0) is 24.1. The van der Waals surface area contributed by atoms with E-state index in [1.165, 1.54) is 0 Å². The molecule has 34 heavy (non-hydrogen) atoms. The summed E-state index contributed by atoms with van der Waals surface area (Å²) < 4.78 is 21.5. The maximum atomic E-state index is 12.9. The van der Waals surface area contributed by atoms with E-state index in [-0.39, 0.29) is 11.9 Å². The standard InChI is InChI=1S/C24H28N4O5S/c1-30-18-8-6-5-7-17(18)23-27-26-22(34-23)15-9-11-28(12-10-15)24(29)25-16-13-19(31-2)21(33-4)20(14-16)32-3/h5-8,13-15H,9-12H2,1-4H3,(H,25,29). The summed E-state index contributed by atoms with van der Waals surface area (Å²) in [7, 11) is 6.28. The average Bonchev–Trinajstić information content (AvgIpc) is 3.38. The van der Waals surface area contributed by atoms with E-state index < -0.39 is 0 Å². The largest absolute Gasteiger partial charge is 0.496 e. The van der Waals surface area contributed by atoms with Gasteiger partial charge < -0.3 is 29.2 Å². The van der Waals surface area contributed by atoms with Crippen molar-refractivity contribution in [2.75, 3.05) is 46.8 Å². The minimum Gasteiger partial charge on any atom is -0.496 e. The molecule has 1 N–H and O–H groups in total. The number of aromatic nitrogens is 2. The molecule has 1 aliphatic heterocycles. The van der Waals surface area contributed by atoms with Crippen LogP contribution in [0.1, 0.15) is 23.8 Å². The summed E-state index contributed by atoms with van der Waals surface area (Å²) in [4.78, 5) is 14.7. The van der Waals surface area contributed by atoms with E-state index >= 15 is 0 Å². The summed E-state index contributed by atoms with van der Waals surface area (Å²) in [5.74, 6) is 2.50. The summed E-state index contributed by atoms with van der Waals surface area (Å²) in [6.45, 7) is 1.26. The number of anilines is 1. The molecule has 2 heterocycles. The molecular formula is C24H28N4O5S. The number of carbonyl (C=O) groups is 1. The van der Waals surface area contributed by atoms with Gasteiger partial charge in [0.25, 0.3) is 0 Å². The van der Waals surface area contributed by atoms with Gasteiger partial charge in [-0.15, -0.1) is 10.2 Å². The number of nitrogens with zero attached hydrogens (tertiary/aromatic N) is 3. The Kier molecular flexibility index (Phi) is 7.36. The van der Waals surface area contributed by atoms with Gasteiger partial charge in [-0.3, -0.25) is 0 Å². The van der Waals surface area contributed by atoms with Crippen molar-refractivity contribution in [2.24, 2.45) is 0 Å². The highest BCUT2D eigenvalue weighted by molar-refractivity contribution is 7.14. The molecule has 0 saturated carbocycles. The minimum atomic E-state index is -0.167. The van der Waals surface area contributed by atoms with Crippen molar-refractivity contribution in [2.45, 2.75) is 18.8 Å². The second-order valence-corrected chi connectivity index (χ2v) is 8.76. The highest BCUT2D eigenvalue weighted by Crippen LogP contribution is 2.40. The summed E-state index contributed by atoms with van der Waals surface area (Å²) in [6, 6.07) is 11.1. The number of nitrogens with one attached hydrogen (secondary N) is 1. The predicted octanol–water partition coefficient (Wildman–Crippen LogP) is 4.65. The topological polar surface area (TPSA) is 95.0 Å². The van der Waals surface area contributed by atoms with Gasteiger partial charge in [0.2, 0.25) is 5.75 Å². The number of methoxy groups -OCH3 is 4. The van der Waals surface area contributed by atoms with Crippen LogP contribution in [0, 0.1) is 0 Å². The van der Waals surface area contributed by atoms with Crippen LogP contribution in [0.4, 0.5) is 10.5 Å². The minimum absolute atomic E-state index is 0.167. The fraction of sp³-hybridized carbons (Fsp3) is 0.375. The van der Waals surface area contributed by atoms with E-state index in [0.717, 1.165) is 34.2 Å². The number of ether oxygens (including phenoxy) is 4. The van der Waals surface area contributed by atoms with Crippen LogP contribution in [0.15, 0.2) is 36.4 Å². The Balaban J connectivity index is 1.39. The summed E-state index contributed by atoms with van der Waals surface area (Å²) in [5, 5.41) is 13.6. The van der Waals surface area contributed by atoms with Crippen LogP contribution in [0.3, 0.4) is 0 Å². The van der Waals surface area contributed by atoms with E-state index in [9.17, 15) is 4.79 Å². The maximum absolute atomic E-state index is 12.9. The molecule has 0 unspecified atom stereocenters. The van der Waals surface area contributed by atoms with Crippen molar-refractivity contribution in [3.05, 3.63) is 41.4 Å². The zero-order valence-corrected chi connectivity index (χ0v) is 20.5. The highest BCUT2D eigenvalue weighted by Gasteiger charge is 2.27. The van der Waals surface area contributed by atoms with E-state index in [4.69, 9.17) is 18.9 Å². The molecule has 0 spiro atoms. The van der Waals surface area contributed by atoms with Crippen molar-refractivity contribution < 1.29 is 23.7 Å². The molecule has 2 amide bonds. The van der Waals surface area contributed by atoms with Gasteiger partial charge in [-0.05, 0) is 25.0 Å². The first-order valence-corrected chi connectivity index (χ1v) is 11.7. The number of urea groups is 1. The molecule has 3 aromatic rings. The summed E-state index contributed by atoms with van der Waals surface area (Å²) >= 11 is 1.58. The second kappa shape index (κ2) is 10.6. The van der Waals surface area contributed by atoms with Gasteiger partial charge in [-0.2, -0.15) is 0 Å². The Morgan fingerprint density at radius 1 is 0.941 bits per heavy atom. The third kappa shape index (κ3) is 4.86. The molecule has 1 aromatic heterocycles. The molecule has 2 aromatic carbocycles. The van der Waals surface area contributed by atoms with Crippen molar-refractivity contribution in [3.63, 3.8) is 0 Å². The van der Waals surface area contributed by atoms with Crippen molar-refractivity contribution in [1.82, 2.24) is 15.1 Å². The fourth-order valence-corrected chi connectivity index (χ4v) is 5.06. The lowest BCUT2D eigenvalue weighted by atomic mass is 9.98. The molecule has 1 fully saturated rings. The van der Waals surface area contributed by atoms with Gasteiger partial charge in [0.1, 0.15) is 10.8 Å². The Bertz CT molecular complexity index is 1120. The Morgan fingerprint density at radius 2 is 1.59 bits per heavy atom. The first kappa shape index (κ1) is 23.6. The summed E-state index contributed by atoms with van der Waals surface area (Å²) in [6.07, 6.45) is 1.65. The van der Waals surface area contributed by atoms with Crippen LogP contribution in [0.2, 0.25) is 0 Å². The lowest BCUT2D eigenvalue weighted by Crippen LogP contribution is -2.40. The zero-order valence-electron chi connectivity index (χ0n) is 19.7. The third-order valence-electron chi connectivity index (χ3n) is 5.83. The first-order chi connectivity index (χ1) is 16.6. The van der Waals surface area contributed by atoms with Crippen LogP contribution in [-0.2, 0) is 0 Å². The molecule has 0 atom stereocenters. The van der Waals surface area contributed by atoms with Gasteiger partial charge in [-0.25, -0.2) is 4.79 Å². The predicted molar refractivity (Wildman–Crippen MR) is 131 cm³/mol. The normalized spacial score (nSPS) is 13.9. The smallest absolute Gasteiger partial charge is 0.321 e. The molecule has 0 bridgehead atoms. The van der Waals surface area contributed by atoms with Gasteiger partial charge in [0.05, 0.1) is 39.7 Å². The van der Waals surface area contributed by atoms with Crippen molar-refractivity contribution >= 4 is 23.1 Å². The first-order valence-electron chi connectivity index (χ1n) is 10.9. The molecule has 180 valence electrons. The van der Waals surface area contributed by atoms with E-state index in [1.807, 2.05) is 29.2 Å². The van der Waals surface area contributed by atoms with E-state index in [0.29, 0.717) is 36.0 Å². The van der Waals surface area contributed by atoms with Crippen LogP contribution in [0.5, 0.6) is 23.0 Å². The van der Waals surface area contributed by atoms with E-state index in [1.54, 1.807) is 51.9 Å². The maximum Gasteiger partial charge on any atom is 0.321 e.